The fourth-order valence-electron chi connectivity index (χ4n) is 3.03. The maximum atomic E-state index is 13.3. The molecule has 0 spiro atoms. The standard InChI is InChI=1S/C18H25BFNO3/c1-17(2)18(3,4)24-19(23-17)14-7-5-6-13(12-14)16(22)21-10-8-15(20)9-11-21/h5-7,12,15H,8-11H2,1-4H3. The van der Waals surface area contributed by atoms with Gasteiger partial charge in [0.05, 0.1) is 11.2 Å². The van der Waals surface area contributed by atoms with Crippen molar-refractivity contribution in [1.29, 1.82) is 0 Å². The molecule has 0 atom stereocenters. The molecule has 0 aliphatic carbocycles. The Bertz CT molecular complexity index is 610. The van der Waals surface area contributed by atoms with Gasteiger partial charge >= 0.3 is 7.12 Å². The zero-order valence-corrected chi connectivity index (χ0v) is 14.8. The van der Waals surface area contributed by atoms with Crippen LogP contribution in [0.15, 0.2) is 24.3 Å². The predicted octanol–water partition coefficient (Wildman–Crippen LogP) is 2.56. The number of nitrogens with zero attached hydrogens (tertiary/aromatic N) is 1. The van der Waals surface area contributed by atoms with Gasteiger partial charge < -0.3 is 14.2 Å². The summed E-state index contributed by atoms with van der Waals surface area (Å²) in [5, 5.41) is 0. The second-order valence-corrected chi connectivity index (χ2v) is 7.68. The third kappa shape index (κ3) is 3.22. The molecule has 0 radical (unpaired) electrons. The summed E-state index contributed by atoms with van der Waals surface area (Å²) < 4.78 is 25.4. The number of carbonyl (C=O) groups is 1. The van der Waals surface area contributed by atoms with Crippen LogP contribution >= 0.6 is 0 Å². The van der Waals surface area contributed by atoms with Gasteiger partial charge in [0.25, 0.3) is 5.91 Å². The molecule has 6 heteroatoms. The molecule has 2 aliphatic rings. The van der Waals surface area contributed by atoms with Crippen LogP contribution < -0.4 is 5.46 Å². The highest BCUT2D eigenvalue weighted by molar-refractivity contribution is 6.62. The predicted molar refractivity (Wildman–Crippen MR) is 92.2 cm³/mol. The van der Waals surface area contributed by atoms with Gasteiger partial charge in [0.15, 0.2) is 0 Å². The van der Waals surface area contributed by atoms with Gasteiger partial charge in [-0.2, -0.15) is 0 Å². The monoisotopic (exact) mass is 333 g/mol. The Morgan fingerprint density at radius 2 is 1.75 bits per heavy atom. The van der Waals surface area contributed by atoms with E-state index in [2.05, 4.69) is 0 Å². The first-order chi connectivity index (χ1) is 11.2. The van der Waals surface area contributed by atoms with Crippen molar-refractivity contribution >= 4 is 18.5 Å². The molecule has 24 heavy (non-hydrogen) atoms. The number of benzene rings is 1. The van der Waals surface area contributed by atoms with E-state index in [0.29, 0.717) is 31.5 Å². The average molecular weight is 333 g/mol. The number of piperidine rings is 1. The highest BCUT2D eigenvalue weighted by Gasteiger charge is 2.51. The van der Waals surface area contributed by atoms with Gasteiger partial charge in [-0.1, -0.05) is 12.1 Å². The van der Waals surface area contributed by atoms with Crippen LogP contribution in [0.5, 0.6) is 0 Å². The van der Waals surface area contributed by atoms with E-state index in [1.54, 1.807) is 11.0 Å². The third-order valence-electron chi connectivity index (χ3n) is 5.37. The fourth-order valence-corrected chi connectivity index (χ4v) is 3.03. The molecule has 1 amide bonds. The van der Waals surface area contributed by atoms with E-state index in [1.807, 2.05) is 45.9 Å². The summed E-state index contributed by atoms with van der Waals surface area (Å²) in [6.07, 6.45) is 0.0517. The molecule has 2 saturated heterocycles. The second-order valence-electron chi connectivity index (χ2n) is 7.68. The summed E-state index contributed by atoms with van der Waals surface area (Å²) in [7, 11) is -0.487. The molecule has 0 saturated carbocycles. The van der Waals surface area contributed by atoms with Crippen LogP contribution in [0.2, 0.25) is 0 Å². The first kappa shape index (κ1) is 17.4. The highest BCUT2D eigenvalue weighted by atomic mass is 19.1. The van der Waals surface area contributed by atoms with Crippen molar-refractivity contribution in [2.24, 2.45) is 0 Å². The zero-order chi connectivity index (χ0) is 17.5. The van der Waals surface area contributed by atoms with Gasteiger partial charge in [0.1, 0.15) is 6.17 Å². The summed E-state index contributed by atoms with van der Waals surface area (Å²) in [4.78, 5) is 14.4. The molecule has 2 aliphatic heterocycles. The van der Waals surface area contributed by atoms with Gasteiger partial charge in [-0.15, -0.1) is 0 Å². The maximum absolute atomic E-state index is 13.3. The zero-order valence-electron chi connectivity index (χ0n) is 14.8. The molecule has 0 aromatic heterocycles. The Balaban J connectivity index is 1.77. The first-order valence-corrected chi connectivity index (χ1v) is 8.58. The Morgan fingerprint density at radius 1 is 1.17 bits per heavy atom. The Hall–Kier alpha value is -1.40. The molecule has 0 unspecified atom stereocenters. The normalized spacial score (nSPS) is 23.5. The molecule has 0 N–H and O–H groups in total. The number of hydrogen-bond donors (Lipinski definition) is 0. The Labute approximate surface area is 143 Å². The van der Waals surface area contributed by atoms with Crippen molar-refractivity contribution in [2.45, 2.75) is 57.9 Å². The van der Waals surface area contributed by atoms with E-state index in [0.717, 1.165) is 5.46 Å². The molecular weight excluding hydrogens is 308 g/mol. The van der Waals surface area contributed by atoms with Crippen LogP contribution in [-0.4, -0.2) is 48.4 Å². The molecule has 0 bridgehead atoms. The van der Waals surface area contributed by atoms with E-state index in [9.17, 15) is 9.18 Å². The van der Waals surface area contributed by atoms with Crippen LogP contribution in [0, 0.1) is 0 Å². The molecule has 4 nitrogen and oxygen atoms in total. The lowest BCUT2D eigenvalue weighted by Crippen LogP contribution is -2.41. The number of rotatable bonds is 2. The summed E-state index contributed by atoms with van der Waals surface area (Å²) in [6, 6.07) is 7.37. The maximum Gasteiger partial charge on any atom is 0.494 e. The topological polar surface area (TPSA) is 38.8 Å². The summed E-state index contributed by atoms with van der Waals surface area (Å²) >= 11 is 0. The van der Waals surface area contributed by atoms with Crippen molar-refractivity contribution in [1.82, 2.24) is 4.90 Å². The van der Waals surface area contributed by atoms with E-state index in [1.165, 1.54) is 0 Å². The SMILES string of the molecule is CC1(C)OB(c2cccc(C(=O)N3CCC(F)CC3)c2)OC1(C)C. The summed E-state index contributed by atoms with van der Waals surface area (Å²) in [6.45, 7) is 8.96. The number of likely N-dealkylation sites (tertiary alicyclic amines) is 1. The Morgan fingerprint density at radius 3 is 2.33 bits per heavy atom. The number of hydrogen-bond acceptors (Lipinski definition) is 3. The Kier molecular flexibility index (Phi) is 4.47. The van der Waals surface area contributed by atoms with Crippen LogP contribution in [0.4, 0.5) is 4.39 Å². The van der Waals surface area contributed by atoms with E-state index in [-0.39, 0.29) is 5.91 Å². The number of carbonyl (C=O) groups excluding carboxylic acids is 1. The van der Waals surface area contributed by atoms with Crippen molar-refractivity contribution in [3.8, 4) is 0 Å². The largest absolute Gasteiger partial charge is 0.494 e. The molecule has 2 fully saturated rings. The fraction of sp³-hybridized carbons (Fsp3) is 0.611. The van der Waals surface area contributed by atoms with Crippen LogP contribution in [0.3, 0.4) is 0 Å². The van der Waals surface area contributed by atoms with Crippen molar-refractivity contribution in [2.75, 3.05) is 13.1 Å². The van der Waals surface area contributed by atoms with Crippen LogP contribution in [0.25, 0.3) is 0 Å². The first-order valence-electron chi connectivity index (χ1n) is 8.58. The van der Waals surface area contributed by atoms with Gasteiger partial charge in [-0.25, -0.2) is 4.39 Å². The lowest BCUT2D eigenvalue weighted by atomic mass is 9.78. The second kappa shape index (κ2) is 6.15. The molecule has 130 valence electrons. The van der Waals surface area contributed by atoms with Gasteiger partial charge in [0, 0.05) is 18.7 Å². The minimum atomic E-state index is -0.787. The van der Waals surface area contributed by atoms with Gasteiger partial charge in [0.2, 0.25) is 0 Å². The quantitative estimate of drug-likeness (QED) is 0.781. The minimum absolute atomic E-state index is 0.0553. The van der Waals surface area contributed by atoms with Crippen LogP contribution in [0.1, 0.15) is 50.9 Å². The van der Waals surface area contributed by atoms with E-state index >= 15 is 0 Å². The van der Waals surface area contributed by atoms with E-state index < -0.39 is 24.5 Å². The summed E-state index contributed by atoms with van der Waals surface area (Å²) in [5.74, 6) is -0.0553. The van der Waals surface area contributed by atoms with E-state index in [4.69, 9.17) is 9.31 Å². The highest BCUT2D eigenvalue weighted by Crippen LogP contribution is 2.36. The lowest BCUT2D eigenvalue weighted by Gasteiger charge is -2.32. The van der Waals surface area contributed by atoms with Gasteiger partial charge in [-0.05, 0) is 58.1 Å². The smallest absolute Gasteiger partial charge is 0.399 e. The number of amides is 1. The average Bonchev–Trinajstić information content (AvgIpc) is 2.76. The van der Waals surface area contributed by atoms with Crippen LogP contribution in [-0.2, 0) is 9.31 Å². The van der Waals surface area contributed by atoms with Crippen molar-refractivity contribution in [3.63, 3.8) is 0 Å². The molecule has 1 aromatic rings. The third-order valence-corrected chi connectivity index (χ3v) is 5.37. The number of halogens is 1. The minimum Gasteiger partial charge on any atom is -0.399 e. The van der Waals surface area contributed by atoms with Crippen molar-refractivity contribution in [3.05, 3.63) is 29.8 Å². The van der Waals surface area contributed by atoms with Crippen molar-refractivity contribution < 1.29 is 18.5 Å². The van der Waals surface area contributed by atoms with Gasteiger partial charge in [-0.3, -0.25) is 4.79 Å². The number of alkyl halides is 1. The lowest BCUT2D eigenvalue weighted by molar-refractivity contribution is 0.00578. The molecule has 3 rings (SSSR count). The molecule has 1 aromatic carbocycles. The molecular formula is C18H25BFNO3. The summed E-state index contributed by atoms with van der Waals surface area (Å²) in [5.41, 5.74) is 0.598. The molecule has 2 heterocycles.